The molecule has 0 saturated heterocycles. The average molecular weight is 383 g/mol. The van der Waals surface area contributed by atoms with Gasteiger partial charge in [-0.1, -0.05) is 48.5 Å². The highest BCUT2D eigenvalue weighted by atomic mass is 32.1. The molecule has 0 saturated carbocycles. The third-order valence-electron chi connectivity index (χ3n) is 3.81. The standard InChI is InChI=1S/C10H17NS.C9H15NS.C2H6/c1-7-5-6-8(12-7)9(11)10(2,3)4;1-6(2)9(10)8-5-4-7(3)11-8;1-2/h5-6,9H,11H2,1-4H3;4-6,9H,10H2,1-3H3;1-2H3. The molecule has 4 heteroatoms. The number of aryl methyl sites for hydroxylation is 2. The lowest BCUT2D eigenvalue weighted by atomic mass is 9.87. The van der Waals surface area contributed by atoms with E-state index in [1.165, 1.54) is 19.5 Å². The first-order valence-corrected chi connectivity index (χ1v) is 10.8. The zero-order chi connectivity index (χ0) is 19.8. The van der Waals surface area contributed by atoms with Gasteiger partial charge in [0.2, 0.25) is 0 Å². The molecule has 2 aromatic heterocycles. The van der Waals surface area contributed by atoms with Crippen LogP contribution in [0.3, 0.4) is 0 Å². The molecular weight excluding hydrogens is 344 g/mol. The summed E-state index contributed by atoms with van der Waals surface area (Å²) in [5.74, 6) is 0.535. The van der Waals surface area contributed by atoms with E-state index in [0.29, 0.717) is 5.92 Å². The van der Waals surface area contributed by atoms with Crippen molar-refractivity contribution in [3.63, 3.8) is 0 Å². The Morgan fingerprint density at radius 1 is 0.800 bits per heavy atom. The van der Waals surface area contributed by atoms with Crippen molar-refractivity contribution in [2.45, 2.75) is 74.4 Å². The lowest BCUT2D eigenvalue weighted by Gasteiger charge is -2.25. The van der Waals surface area contributed by atoms with E-state index in [4.69, 9.17) is 11.5 Å². The first-order valence-electron chi connectivity index (χ1n) is 9.16. The summed E-state index contributed by atoms with van der Waals surface area (Å²) in [6, 6.07) is 8.90. The van der Waals surface area contributed by atoms with Crippen molar-refractivity contribution in [3.8, 4) is 0 Å². The summed E-state index contributed by atoms with van der Waals surface area (Å²) in [5.41, 5.74) is 12.2. The molecule has 2 heterocycles. The molecule has 0 radical (unpaired) electrons. The molecule has 0 aliphatic heterocycles. The van der Waals surface area contributed by atoms with Gasteiger partial charge in [0.05, 0.1) is 0 Å². The molecule has 25 heavy (non-hydrogen) atoms. The molecule has 0 aliphatic carbocycles. The van der Waals surface area contributed by atoms with E-state index in [0.717, 1.165) is 0 Å². The average Bonchev–Trinajstić information content (AvgIpc) is 3.16. The van der Waals surface area contributed by atoms with Gasteiger partial charge in [-0.25, -0.2) is 0 Å². The van der Waals surface area contributed by atoms with Gasteiger partial charge in [0.15, 0.2) is 0 Å². The summed E-state index contributed by atoms with van der Waals surface area (Å²) in [5, 5.41) is 0. The smallest absolute Gasteiger partial charge is 0.0439 e. The first kappa shape index (κ1) is 24.3. The number of hydrogen-bond donors (Lipinski definition) is 2. The summed E-state index contributed by atoms with van der Waals surface area (Å²) >= 11 is 3.60. The number of nitrogens with two attached hydrogens (primary N) is 2. The van der Waals surface area contributed by atoms with E-state index in [9.17, 15) is 0 Å². The molecule has 144 valence electrons. The summed E-state index contributed by atoms with van der Waals surface area (Å²) in [7, 11) is 0. The van der Waals surface area contributed by atoms with E-state index >= 15 is 0 Å². The van der Waals surface area contributed by atoms with Crippen LogP contribution in [0.1, 0.15) is 80.1 Å². The van der Waals surface area contributed by atoms with E-state index < -0.39 is 0 Å². The van der Waals surface area contributed by atoms with Crippen molar-refractivity contribution in [1.82, 2.24) is 0 Å². The fourth-order valence-electron chi connectivity index (χ4n) is 2.01. The molecular formula is C21H38N2S2. The highest BCUT2D eigenvalue weighted by Gasteiger charge is 2.23. The minimum absolute atomic E-state index is 0.163. The normalized spacial score (nSPS) is 13.4. The third-order valence-corrected chi connectivity index (χ3v) is 5.99. The molecule has 0 fully saturated rings. The SMILES string of the molecule is CC.Cc1ccc(C(N)C(C)(C)C)s1.Cc1ccc(C(N)C(C)C)s1. The molecule has 0 spiro atoms. The van der Waals surface area contributed by atoms with Crippen LogP contribution in [0.4, 0.5) is 0 Å². The van der Waals surface area contributed by atoms with Crippen LogP contribution in [-0.4, -0.2) is 0 Å². The molecule has 0 bridgehead atoms. The minimum Gasteiger partial charge on any atom is -0.323 e. The highest BCUT2D eigenvalue weighted by molar-refractivity contribution is 7.12. The Morgan fingerprint density at radius 2 is 1.20 bits per heavy atom. The molecule has 2 nitrogen and oxygen atoms in total. The summed E-state index contributed by atoms with van der Waals surface area (Å²) < 4.78 is 0. The Kier molecular flexibility index (Phi) is 10.8. The number of rotatable bonds is 3. The van der Waals surface area contributed by atoms with Gasteiger partial charge in [-0.2, -0.15) is 0 Å². The Balaban J connectivity index is 0.000000421. The number of thiophene rings is 2. The Labute approximate surface area is 163 Å². The van der Waals surface area contributed by atoms with E-state index in [1.807, 2.05) is 13.8 Å². The molecule has 0 aromatic carbocycles. The summed E-state index contributed by atoms with van der Waals surface area (Å²) in [6.45, 7) is 19.1. The van der Waals surface area contributed by atoms with Gasteiger partial charge >= 0.3 is 0 Å². The van der Waals surface area contributed by atoms with Crippen molar-refractivity contribution in [2.75, 3.05) is 0 Å². The zero-order valence-electron chi connectivity index (χ0n) is 17.5. The molecule has 2 rings (SSSR count). The fraction of sp³-hybridized carbons (Fsp3) is 0.619. The van der Waals surface area contributed by atoms with Crippen molar-refractivity contribution in [2.24, 2.45) is 22.8 Å². The van der Waals surface area contributed by atoms with Gasteiger partial charge in [-0.05, 0) is 49.4 Å². The highest BCUT2D eigenvalue weighted by Crippen LogP contribution is 2.33. The Hall–Kier alpha value is -0.680. The van der Waals surface area contributed by atoms with Crippen LogP contribution < -0.4 is 11.5 Å². The van der Waals surface area contributed by atoms with Crippen LogP contribution in [0.25, 0.3) is 0 Å². The van der Waals surface area contributed by atoms with Crippen molar-refractivity contribution < 1.29 is 0 Å². The largest absolute Gasteiger partial charge is 0.323 e. The maximum absolute atomic E-state index is 6.10. The summed E-state index contributed by atoms with van der Waals surface area (Å²) in [4.78, 5) is 5.28. The second kappa shape index (κ2) is 11.1. The zero-order valence-corrected chi connectivity index (χ0v) is 19.1. The van der Waals surface area contributed by atoms with Gasteiger partial charge in [-0.15, -0.1) is 22.7 Å². The monoisotopic (exact) mass is 382 g/mol. The van der Waals surface area contributed by atoms with E-state index in [2.05, 4.69) is 72.7 Å². The van der Waals surface area contributed by atoms with Gasteiger partial charge < -0.3 is 11.5 Å². The van der Waals surface area contributed by atoms with Crippen molar-refractivity contribution in [1.29, 1.82) is 0 Å². The van der Waals surface area contributed by atoms with Crippen LogP contribution in [0.5, 0.6) is 0 Å². The molecule has 2 aromatic rings. The summed E-state index contributed by atoms with van der Waals surface area (Å²) in [6.07, 6.45) is 0. The van der Waals surface area contributed by atoms with Crippen molar-refractivity contribution in [3.05, 3.63) is 43.8 Å². The molecule has 4 N–H and O–H groups in total. The predicted molar refractivity (Wildman–Crippen MR) is 118 cm³/mol. The van der Waals surface area contributed by atoms with Crippen LogP contribution in [0.15, 0.2) is 24.3 Å². The second-order valence-electron chi connectivity index (χ2n) is 7.51. The quantitative estimate of drug-likeness (QED) is 0.610. The number of hydrogen-bond acceptors (Lipinski definition) is 4. The predicted octanol–water partition coefficient (Wildman–Crippen LogP) is 6.84. The lowest BCUT2D eigenvalue weighted by Crippen LogP contribution is -2.25. The molecule has 0 aliphatic rings. The van der Waals surface area contributed by atoms with Gasteiger partial charge in [0, 0.05) is 31.6 Å². The van der Waals surface area contributed by atoms with Crippen molar-refractivity contribution >= 4 is 22.7 Å². The maximum atomic E-state index is 6.10. The van der Waals surface area contributed by atoms with Crippen LogP contribution in [0.2, 0.25) is 0 Å². The van der Waals surface area contributed by atoms with Gasteiger partial charge in [0.1, 0.15) is 0 Å². The Morgan fingerprint density at radius 3 is 1.48 bits per heavy atom. The fourth-order valence-corrected chi connectivity index (χ4v) is 4.19. The topological polar surface area (TPSA) is 52.0 Å². The van der Waals surface area contributed by atoms with Gasteiger partial charge in [-0.3, -0.25) is 0 Å². The first-order chi connectivity index (χ1) is 11.5. The molecule has 2 atom stereocenters. The van der Waals surface area contributed by atoms with Crippen LogP contribution in [-0.2, 0) is 0 Å². The van der Waals surface area contributed by atoms with Crippen LogP contribution in [0, 0.1) is 25.2 Å². The lowest BCUT2D eigenvalue weighted by molar-refractivity contribution is 0.331. The molecule has 2 unspecified atom stereocenters. The maximum Gasteiger partial charge on any atom is 0.0439 e. The molecule has 0 amide bonds. The van der Waals surface area contributed by atoms with E-state index in [-0.39, 0.29) is 17.5 Å². The Bertz CT molecular complexity index is 591. The minimum atomic E-state index is 0.163. The van der Waals surface area contributed by atoms with Crippen LogP contribution >= 0.6 is 22.7 Å². The second-order valence-corrected chi connectivity index (χ2v) is 10.1. The third kappa shape index (κ3) is 8.50. The van der Waals surface area contributed by atoms with Gasteiger partial charge in [0.25, 0.3) is 0 Å². The van der Waals surface area contributed by atoms with E-state index in [1.54, 1.807) is 22.7 Å².